The summed E-state index contributed by atoms with van der Waals surface area (Å²) in [6.45, 7) is 10.3. The van der Waals surface area contributed by atoms with E-state index in [1.807, 2.05) is 13.8 Å². The average Bonchev–Trinajstić information content (AvgIpc) is 2.73. The molecule has 1 atom stereocenters. The normalized spacial score (nSPS) is 14.2. The first kappa shape index (κ1) is 35.2. The minimum atomic E-state index is -6.34. The molecule has 0 saturated carbocycles. The maximum atomic E-state index is 14.4. The van der Waals surface area contributed by atoms with Gasteiger partial charge in [-0.3, -0.25) is 0 Å². The summed E-state index contributed by atoms with van der Waals surface area (Å²) in [4.78, 5) is 0. The van der Waals surface area contributed by atoms with Crippen LogP contribution in [0.1, 0.15) is 76.0 Å². The predicted octanol–water partition coefficient (Wildman–Crippen LogP) is 7.93. The molecular formula is C20H28F9NO3S3. The van der Waals surface area contributed by atoms with E-state index in [0.717, 1.165) is 16.8 Å². The van der Waals surface area contributed by atoms with Crippen molar-refractivity contribution in [2.24, 2.45) is 0 Å². The number of hydrogen-bond acceptors (Lipinski definition) is 6. The van der Waals surface area contributed by atoms with Crippen molar-refractivity contribution in [2.45, 2.75) is 81.2 Å². The van der Waals surface area contributed by atoms with E-state index < -0.39 is 74.5 Å². The Morgan fingerprint density at radius 2 is 1.22 bits per heavy atom. The molecule has 0 fully saturated rings. The van der Waals surface area contributed by atoms with Crippen molar-refractivity contribution < 1.29 is 53.0 Å². The summed E-state index contributed by atoms with van der Waals surface area (Å²) in [7, 11) is 1.00. The Morgan fingerprint density at radius 1 is 0.806 bits per heavy atom. The molecule has 0 aliphatic carbocycles. The highest BCUT2D eigenvalue weighted by molar-refractivity contribution is 8.13. The quantitative estimate of drug-likeness (QED) is 0.200. The Kier molecular flexibility index (Phi) is 13.0. The maximum Gasteiger partial charge on any atom is 0.456 e. The molecule has 1 rings (SSSR count). The topological polar surface area (TPSA) is 58.6 Å². The summed E-state index contributed by atoms with van der Waals surface area (Å²) < 4.78 is 139. The lowest BCUT2D eigenvalue weighted by molar-refractivity contribution is -0.240. The molecule has 1 aromatic rings. The number of benzene rings is 1. The second-order valence-electron chi connectivity index (χ2n) is 8.15. The van der Waals surface area contributed by atoms with Gasteiger partial charge in [0.2, 0.25) is 0 Å². The lowest BCUT2D eigenvalue weighted by Gasteiger charge is -2.31. The van der Waals surface area contributed by atoms with Crippen LogP contribution in [-0.2, 0) is 11.1 Å². The number of aliphatic hydroxyl groups is 1. The Labute approximate surface area is 215 Å². The van der Waals surface area contributed by atoms with Crippen molar-refractivity contribution in [3.63, 3.8) is 0 Å². The smallest absolute Gasteiger partial charge is 0.400 e. The Balaban J connectivity index is 0.00000596. The first-order chi connectivity index (χ1) is 16.2. The average molecular weight is 598 g/mol. The molecule has 0 aliphatic rings. The SMILES string of the molecule is CC(C)c1cc(C(C)C)c(OS(=O)C(F)(F)C(F)(F)C(F)(F)SNSC(F)(F)F)c(C(C)C)c1.CO. The van der Waals surface area contributed by atoms with Crippen LogP contribution in [-0.4, -0.2) is 38.4 Å². The lowest BCUT2D eigenvalue weighted by atomic mass is 9.88. The molecule has 36 heavy (non-hydrogen) atoms. The summed E-state index contributed by atoms with van der Waals surface area (Å²) in [5, 5.41) is -4.75. The molecule has 0 bridgehead atoms. The number of aliphatic hydroxyl groups excluding tert-OH is 1. The van der Waals surface area contributed by atoms with Gasteiger partial charge in [-0.2, -0.15) is 43.6 Å². The number of alkyl halides is 9. The molecule has 212 valence electrons. The van der Waals surface area contributed by atoms with E-state index in [2.05, 4.69) is 0 Å². The minimum absolute atomic E-state index is 0.0156. The highest BCUT2D eigenvalue weighted by Gasteiger charge is 2.76. The van der Waals surface area contributed by atoms with Gasteiger partial charge in [0.25, 0.3) is 11.1 Å². The van der Waals surface area contributed by atoms with E-state index in [9.17, 15) is 43.7 Å². The summed E-state index contributed by atoms with van der Waals surface area (Å²) in [5.41, 5.74) is -3.87. The van der Waals surface area contributed by atoms with Gasteiger partial charge in [-0.15, -0.1) is 0 Å². The van der Waals surface area contributed by atoms with Gasteiger partial charge in [0.15, 0.2) is 0 Å². The fourth-order valence-corrected chi connectivity index (χ4v) is 4.64. The van der Waals surface area contributed by atoms with Crippen LogP contribution >= 0.6 is 23.9 Å². The van der Waals surface area contributed by atoms with Gasteiger partial charge in [-0.05, 0) is 34.4 Å². The third-order valence-corrected chi connectivity index (χ3v) is 6.91. The summed E-state index contributed by atoms with van der Waals surface area (Å²) in [5.74, 6) is -7.57. The third kappa shape index (κ3) is 8.60. The number of nitrogens with one attached hydrogen (secondary N) is 1. The molecule has 0 radical (unpaired) electrons. The summed E-state index contributed by atoms with van der Waals surface area (Å²) in [6.07, 6.45) is 0. The molecule has 0 saturated heterocycles. The van der Waals surface area contributed by atoms with Crippen LogP contribution in [0.3, 0.4) is 0 Å². The van der Waals surface area contributed by atoms with Crippen LogP contribution < -0.4 is 8.31 Å². The fraction of sp³-hybridized carbons (Fsp3) is 0.700. The van der Waals surface area contributed by atoms with E-state index in [1.165, 1.54) is 0 Å². The van der Waals surface area contributed by atoms with E-state index in [1.54, 1.807) is 39.8 Å². The Morgan fingerprint density at radius 3 is 1.56 bits per heavy atom. The largest absolute Gasteiger partial charge is 0.456 e. The van der Waals surface area contributed by atoms with E-state index in [-0.39, 0.29) is 17.0 Å². The highest BCUT2D eigenvalue weighted by Crippen LogP contribution is 2.53. The van der Waals surface area contributed by atoms with Crippen molar-refractivity contribution in [1.29, 1.82) is 0 Å². The van der Waals surface area contributed by atoms with Gasteiger partial charge in [0, 0.05) is 31.0 Å². The molecule has 4 nitrogen and oxygen atoms in total. The van der Waals surface area contributed by atoms with Crippen LogP contribution in [0.5, 0.6) is 5.75 Å². The molecule has 0 spiro atoms. The molecule has 0 aromatic heterocycles. The second kappa shape index (κ2) is 13.3. The fourth-order valence-electron chi connectivity index (χ4n) is 2.57. The molecule has 0 aliphatic heterocycles. The van der Waals surface area contributed by atoms with Gasteiger partial charge in [0.05, 0.1) is 0 Å². The highest BCUT2D eigenvalue weighted by atomic mass is 32.2. The third-order valence-electron chi connectivity index (χ3n) is 4.51. The van der Waals surface area contributed by atoms with E-state index >= 15 is 0 Å². The molecular weight excluding hydrogens is 569 g/mol. The van der Waals surface area contributed by atoms with Crippen LogP contribution in [0, 0.1) is 0 Å². The van der Waals surface area contributed by atoms with Gasteiger partial charge < -0.3 is 9.29 Å². The monoisotopic (exact) mass is 597 g/mol. The zero-order chi connectivity index (χ0) is 28.9. The second-order valence-corrected chi connectivity index (χ2v) is 11.4. The maximum absolute atomic E-state index is 14.4. The van der Waals surface area contributed by atoms with E-state index in [0.29, 0.717) is 0 Å². The van der Waals surface area contributed by atoms with Crippen LogP contribution in [0.4, 0.5) is 39.5 Å². The Bertz CT molecular complexity index is 851. The van der Waals surface area contributed by atoms with Gasteiger partial charge >= 0.3 is 21.9 Å². The van der Waals surface area contributed by atoms with Gasteiger partial charge in [0.1, 0.15) is 5.75 Å². The van der Waals surface area contributed by atoms with Crippen LogP contribution in [0.25, 0.3) is 0 Å². The molecule has 1 unspecified atom stereocenters. The molecule has 0 amide bonds. The molecule has 0 heterocycles. The standard InChI is InChI=1S/C19H24F9NO2S3.CH4O/c1-9(2)12-7-13(10(3)4)15(14(8-12)11(5)6)31-34(30)18(24,25)16(20,21)17(22,23)32-29-33-19(26,27)28;1-2/h7-11,29H,1-6H3;2H,1H3. The van der Waals surface area contributed by atoms with Crippen LogP contribution in [0.2, 0.25) is 0 Å². The number of halogens is 9. The Hall–Kier alpha value is -0.840. The summed E-state index contributed by atoms with van der Waals surface area (Å²) in [6, 6.07) is 3.12. The minimum Gasteiger partial charge on any atom is -0.400 e. The first-order valence-corrected chi connectivity index (χ1v) is 12.9. The predicted molar refractivity (Wildman–Crippen MR) is 125 cm³/mol. The molecule has 16 heteroatoms. The van der Waals surface area contributed by atoms with Gasteiger partial charge in [-0.25, -0.2) is 4.21 Å². The zero-order valence-electron chi connectivity index (χ0n) is 20.3. The lowest BCUT2D eigenvalue weighted by Crippen LogP contribution is -2.56. The first-order valence-electron chi connectivity index (χ1n) is 10.2. The van der Waals surface area contributed by atoms with E-state index in [4.69, 9.17) is 9.29 Å². The molecule has 2 N–H and O–H groups in total. The number of rotatable bonds is 11. The van der Waals surface area contributed by atoms with Crippen molar-refractivity contribution in [1.82, 2.24) is 4.13 Å². The van der Waals surface area contributed by atoms with Crippen molar-refractivity contribution >= 4 is 35.0 Å². The van der Waals surface area contributed by atoms with Crippen LogP contribution in [0.15, 0.2) is 12.1 Å². The summed E-state index contributed by atoms with van der Waals surface area (Å²) >= 11 is -7.24. The van der Waals surface area contributed by atoms with Crippen molar-refractivity contribution in [2.75, 3.05) is 7.11 Å². The van der Waals surface area contributed by atoms with Crippen molar-refractivity contribution in [3.8, 4) is 5.75 Å². The van der Waals surface area contributed by atoms with Gasteiger partial charge in [-0.1, -0.05) is 53.7 Å². The molecule has 1 aromatic carbocycles. The zero-order valence-corrected chi connectivity index (χ0v) is 22.7. The number of hydrogen-bond donors (Lipinski definition) is 2. The van der Waals surface area contributed by atoms with Crippen molar-refractivity contribution in [3.05, 3.63) is 28.8 Å².